The average Bonchev–Trinajstić information content (AvgIpc) is 2.49. The quantitative estimate of drug-likeness (QED) is 0.918. The third-order valence-electron chi connectivity index (χ3n) is 3.59. The van der Waals surface area contributed by atoms with E-state index < -0.39 is 0 Å². The molecule has 7 heteroatoms. The van der Waals surface area contributed by atoms with E-state index in [1.807, 2.05) is 26.0 Å². The van der Waals surface area contributed by atoms with E-state index in [0.717, 1.165) is 11.1 Å². The Morgan fingerprint density at radius 3 is 2.33 bits per heavy atom. The molecule has 1 amide bonds. The standard InChI is InChI=1S/C17H21ClN4O2/c1-9-6-12(7-10(2)15(9)18)24-8-13-14(16(23)22(4)5)11(3)20-17(19)21-13/h6-7H,8H2,1-5H3,(H2,19,20,21). The van der Waals surface area contributed by atoms with E-state index >= 15 is 0 Å². The minimum atomic E-state index is -0.186. The van der Waals surface area contributed by atoms with Crippen LogP contribution in [0.5, 0.6) is 5.75 Å². The molecule has 0 aliphatic rings. The van der Waals surface area contributed by atoms with Crippen molar-refractivity contribution in [2.24, 2.45) is 0 Å². The predicted octanol–water partition coefficient (Wildman–Crippen LogP) is 2.92. The SMILES string of the molecule is Cc1cc(OCc2nc(N)nc(C)c2C(=O)N(C)C)cc(C)c1Cl. The maximum Gasteiger partial charge on any atom is 0.257 e. The molecule has 0 saturated carbocycles. The van der Waals surface area contributed by atoms with Crippen molar-refractivity contribution in [1.29, 1.82) is 0 Å². The van der Waals surface area contributed by atoms with E-state index in [-0.39, 0.29) is 18.5 Å². The van der Waals surface area contributed by atoms with Crippen LogP contribution in [-0.2, 0) is 6.61 Å². The summed E-state index contributed by atoms with van der Waals surface area (Å²) in [5.74, 6) is 0.590. The lowest BCUT2D eigenvalue weighted by Gasteiger charge is -2.16. The molecule has 0 unspecified atom stereocenters. The van der Waals surface area contributed by atoms with Gasteiger partial charge in [-0.3, -0.25) is 4.79 Å². The van der Waals surface area contributed by atoms with Gasteiger partial charge in [-0.15, -0.1) is 0 Å². The molecule has 0 radical (unpaired) electrons. The molecule has 0 aliphatic carbocycles. The number of hydrogen-bond acceptors (Lipinski definition) is 5. The first-order valence-corrected chi connectivity index (χ1v) is 7.82. The molecule has 0 bridgehead atoms. The van der Waals surface area contributed by atoms with Gasteiger partial charge in [0.1, 0.15) is 12.4 Å². The summed E-state index contributed by atoms with van der Waals surface area (Å²) >= 11 is 6.17. The monoisotopic (exact) mass is 348 g/mol. The minimum Gasteiger partial charge on any atom is -0.487 e. The summed E-state index contributed by atoms with van der Waals surface area (Å²) in [6.45, 7) is 5.67. The largest absolute Gasteiger partial charge is 0.487 e. The van der Waals surface area contributed by atoms with Gasteiger partial charge in [0, 0.05) is 19.1 Å². The van der Waals surface area contributed by atoms with Crippen LogP contribution >= 0.6 is 11.6 Å². The predicted molar refractivity (Wildman–Crippen MR) is 94.5 cm³/mol. The van der Waals surface area contributed by atoms with Crippen LogP contribution in [0.1, 0.15) is 32.9 Å². The van der Waals surface area contributed by atoms with Crippen molar-refractivity contribution in [3.8, 4) is 5.75 Å². The second-order valence-electron chi connectivity index (χ2n) is 5.85. The van der Waals surface area contributed by atoms with Gasteiger partial charge in [-0.1, -0.05) is 11.6 Å². The van der Waals surface area contributed by atoms with Crippen LogP contribution in [0.4, 0.5) is 5.95 Å². The van der Waals surface area contributed by atoms with Crippen LogP contribution in [-0.4, -0.2) is 34.9 Å². The minimum absolute atomic E-state index is 0.114. The van der Waals surface area contributed by atoms with Crippen molar-refractivity contribution >= 4 is 23.5 Å². The highest BCUT2D eigenvalue weighted by Crippen LogP contribution is 2.26. The van der Waals surface area contributed by atoms with E-state index in [2.05, 4.69) is 9.97 Å². The lowest BCUT2D eigenvalue weighted by atomic mass is 10.1. The summed E-state index contributed by atoms with van der Waals surface area (Å²) in [7, 11) is 3.35. The molecule has 0 aliphatic heterocycles. The zero-order valence-electron chi connectivity index (χ0n) is 14.5. The number of nitrogen functional groups attached to an aromatic ring is 1. The van der Waals surface area contributed by atoms with Crippen LogP contribution in [0, 0.1) is 20.8 Å². The van der Waals surface area contributed by atoms with Gasteiger partial charge in [-0.2, -0.15) is 0 Å². The molecule has 6 nitrogen and oxygen atoms in total. The number of amides is 1. The Kier molecular flexibility index (Phi) is 5.29. The molecule has 2 N–H and O–H groups in total. The second-order valence-corrected chi connectivity index (χ2v) is 6.23. The first-order valence-electron chi connectivity index (χ1n) is 7.45. The molecular weight excluding hydrogens is 328 g/mol. The maximum absolute atomic E-state index is 12.4. The van der Waals surface area contributed by atoms with E-state index in [1.54, 1.807) is 21.0 Å². The molecule has 1 heterocycles. The number of hydrogen-bond donors (Lipinski definition) is 1. The molecule has 1 aromatic heterocycles. The molecule has 0 fully saturated rings. The number of halogens is 1. The molecule has 0 atom stereocenters. The van der Waals surface area contributed by atoms with Crippen LogP contribution < -0.4 is 10.5 Å². The summed E-state index contributed by atoms with van der Waals surface area (Å²) in [6.07, 6.45) is 0. The van der Waals surface area contributed by atoms with Crippen LogP contribution in [0.15, 0.2) is 12.1 Å². The number of carbonyl (C=O) groups is 1. The van der Waals surface area contributed by atoms with Crippen molar-refractivity contribution in [2.75, 3.05) is 19.8 Å². The number of benzene rings is 1. The van der Waals surface area contributed by atoms with E-state index in [0.29, 0.717) is 27.7 Å². The third-order valence-corrected chi connectivity index (χ3v) is 4.18. The number of nitrogens with two attached hydrogens (primary N) is 1. The molecule has 0 saturated heterocycles. The Bertz CT molecular complexity index is 767. The van der Waals surface area contributed by atoms with Crippen LogP contribution in [0.25, 0.3) is 0 Å². The molecule has 1 aromatic carbocycles. The summed E-state index contributed by atoms with van der Waals surface area (Å²) in [4.78, 5) is 22.1. The molecule has 2 rings (SSSR count). The van der Waals surface area contributed by atoms with Gasteiger partial charge in [-0.25, -0.2) is 9.97 Å². The summed E-state index contributed by atoms with van der Waals surface area (Å²) < 4.78 is 5.81. The fourth-order valence-corrected chi connectivity index (χ4v) is 2.51. The Labute approximate surface area is 146 Å². The number of anilines is 1. The number of rotatable bonds is 4. The van der Waals surface area contributed by atoms with Gasteiger partial charge in [-0.05, 0) is 44.0 Å². The Morgan fingerprint density at radius 1 is 1.21 bits per heavy atom. The fraction of sp³-hybridized carbons (Fsp3) is 0.353. The molecule has 2 aromatic rings. The molecular formula is C17H21ClN4O2. The number of aryl methyl sites for hydroxylation is 3. The topological polar surface area (TPSA) is 81.3 Å². The second kappa shape index (κ2) is 7.05. The first kappa shape index (κ1) is 18.0. The van der Waals surface area contributed by atoms with Gasteiger partial charge < -0.3 is 15.4 Å². The van der Waals surface area contributed by atoms with Gasteiger partial charge in [0.2, 0.25) is 5.95 Å². The summed E-state index contributed by atoms with van der Waals surface area (Å²) in [5, 5.41) is 0.716. The maximum atomic E-state index is 12.4. The summed E-state index contributed by atoms with van der Waals surface area (Å²) in [5.41, 5.74) is 8.98. The number of aromatic nitrogens is 2. The summed E-state index contributed by atoms with van der Waals surface area (Å²) in [6, 6.07) is 3.69. The highest BCUT2D eigenvalue weighted by atomic mass is 35.5. The lowest BCUT2D eigenvalue weighted by Crippen LogP contribution is -2.26. The fourth-order valence-electron chi connectivity index (χ4n) is 2.40. The van der Waals surface area contributed by atoms with Crippen molar-refractivity contribution in [3.05, 3.63) is 45.2 Å². The highest BCUT2D eigenvalue weighted by molar-refractivity contribution is 6.32. The molecule has 128 valence electrons. The normalized spacial score (nSPS) is 10.6. The van der Waals surface area contributed by atoms with Gasteiger partial charge >= 0.3 is 0 Å². The van der Waals surface area contributed by atoms with Crippen LogP contribution in [0.2, 0.25) is 5.02 Å². The Hall–Kier alpha value is -2.34. The number of carbonyl (C=O) groups excluding carboxylic acids is 1. The molecule has 24 heavy (non-hydrogen) atoms. The van der Waals surface area contributed by atoms with Crippen molar-refractivity contribution in [2.45, 2.75) is 27.4 Å². The van der Waals surface area contributed by atoms with Crippen LogP contribution in [0.3, 0.4) is 0 Å². The number of nitrogens with zero attached hydrogens (tertiary/aromatic N) is 3. The van der Waals surface area contributed by atoms with E-state index in [9.17, 15) is 4.79 Å². The number of ether oxygens (including phenoxy) is 1. The lowest BCUT2D eigenvalue weighted by molar-refractivity contribution is 0.0823. The van der Waals surface area contributed by atoms with E-state index in [4.69, 9.17) is 22.1 Å². The molecule has 0 spiro atoms. The van der Waals surface area contributed by atoms with E-state index in [1.165, 1.54) is 4.90 Å². The van der Waals surface area contributed by atoms with Crippen molar-refractivity contribution in [3.63, 3.8) is 0 Å². The van der Waals surface area contributed by atoms with Gasteiger partial charge in [0.15, 0.2) is 0 Å². The van der Waals surface area contributed by atoms with Gasteiger partial charge in [0.05, 0.1) is 17.0 Å². The third kappa shape index (κ3) is 3.76. The average molecular weight is 349 g/mol. The Balaban J connectivity index is 2.34. The van der Waals surface area contributed by atoms with Crippen molar-refractivity contribution < 1.29 is 9.53 Å². The Morgan fingerprint density at radius 2 is 1.79 bits per heavy atom. The van der Waals surface area contributed by atoms with Gasteiger partial charge in [0.25, 0.3) is 5.91 Å². The smallest absolute Gasteiger partial charge is 0.257 e. The zero-order valence-corrected chi connectivity index (χ0v) is 15.2. The highest BCUT2D eigenvalue weighted by Gasteiger charge is 2.20. The zero-order chi connectivity index (χ0) is 18.0. The first-order chi connectivity index (χ1) is 11.2. The van der Waals surface area contributed by atoms with Crippen molar-refractivity contribution in [1.82, 2.24) is 14.9 Å².